The second-order valence-corrected chi connectivity index (χ2v) is 4.54. The molecule has 5 nitrogen and oxygen atoms in total. The van der Waals surface area contributed by atoms with Crippen LogP contribution in [0.4, 0.5) is 5.69 Å². The Morgan fingerprint density at radius 3 is 2.75 bits per heavy atom. The largest absolute Gasteiger partial charge is 0.492 e. The molecule has 7 heteroatoms. The molecule has 0 amide bonds. The first-order valence-electron chi connectivity index (χ1n) is 4.67. The first-order chi connectivity index (χ1) is 7.33. The van der Waals surface area contributed by atoms with Crippen LogP contribution in [0.1, 0.15) is 19.4 Å². The maximum atomic E-state index is 10.7. The molecular weight excluding hydrogens is 232 g/mol. The van der Waals surface area contributed by atoms with Gasteiger partial charge in [-0.15, -0.1) is 0 Å². The van der Waals surface area contributed by atoms with Gasteiger partial charge in [0.25, 0.3) is 5.69 Å². The summed E-state index contributed by atoms with van der Waals surface area (Å²) >= 11 is 5.80. The van der Waals surface area contributed by atoms with Crippen molar-refractivity contribution in [2.24, 2.45) is 0 Å². The summed E-state index contributed by atoms with van der Waals surface area (Å²) in [6.45, 7) is 3.54. The van der Waals surface area contributed by atoms with Gasteiger partial charge in [-0.2, -0.15) is 0 Å². The predicted octanol–water partition coefficient (Wildman–Crippen LogP) is 1.20. The Labute approximate surface area is 97.3 Å². The number of hydrogen-bond acceptors (Lipinski definition) is 4. The predicted molar refractivity (Wildman–Crippen MR) is 59.8 cm³/mol. The Morgan fingerprint density at radius 2 is 2.19 bits per heavy atom. The molecule has 0 radical (unpaired) electrons. The van der Waals surface area contributed by atoms with E-state index >= 15 is 0 Å². The normalized spacial score (nSPS) is 17.4. The van der Waals surface area contributed by atoms with E-state index in [1.807, 2.05) is 0 Å². The molecule has 16 heavy (non-hydrogen) atoms. The third-order valence-electron chi connectivity index (χ3n) is 2.64. The molecule has 0 spiro atoms. The maximum Gasteiger partial charge on any atom is 0.492 e. The van der Waals surface area contributed by atoms with E-state index < -0.39 is 17.6 Å². The van der Waals surface area contributed by atoms with Crippen molar-refractivity contribution < 1.29 is 14.6 Å². The van der Waals surface area contributed by atoms with Crippen molar-refractivity contribution in [1.82, 2.24) is 0 Å². The Bertz CT molecular complexity index is 477. The summed E-state index contributed by atoms with van der Waals surface area (Å²) in [6.07, 6.45) is 0. The number of nitro benzene ring substituents is 1. The monoisotopic (exact) mass is 241 g/mol. The lowest BCUT2D eigenvalue weighted by atomic mass is 9.78. The van der Waals surface area contributed by atoms with Gasteiger partial charge in [0.2, 0.25) is 0 Å². The van der Waals surface area contributed by atoms with Gasteiger partial charge >= 0.3 is 7.12 Å². The van der Waals surface area contributed by atoms with Gasteiger partial charge in [-0.05, 0) is 30.9 Å². The summed E-state index contributed by atoms with van der Waals surface area (Å²) in [4.78, 5) is 10.1. The van der Waals surface area contributed by atoms with E-state index in [0.717, 1.165) is 0 Å². The average molecular weight is 241 g/mol. The van der Waals surface area contributed by atoms with Gasteiger partial charge in [-0.3, -0.25) is 10.1 Å². The lowest BCUT2D eigenvalue weighted by molar-refractivity contribution is -0.384. The molecule has 0 unspecified atom stereocenters. The van der Waals surface area contributed by atoms with Gasteiger partial charge in [0.05, 0.1) is 10.5 Å². The third-order valence-corrected chi connectivity index (χ3v) is 2.94. The van der Waals surface area contributed by atoms with Crippen molar-refractivity contribution in [3.05, 3.63) is 32.8 Å². The number of rotatable bonds is 1. The smallest absolute Gasteiger partial charge is 0.423 e. The lowest BCUT2D eigenvalue weighted by Gasteiger charge is -2.19. The van der Waals surface area contributed by atoms with Crippen LogP contribution in [0.15, 0.2) is 12.1 Å². The van der Waals surface area contributed by atoms with Crippen LogP contribution in [-0.4, -0.2) is 17.1 Å². The van der Waals surface area contributed by atoms with Gasteiger partial charge in [0.1, 0.15) is 5.02 Å². The van der Waals surface area contributed by atoms with E-state index in [-0.39, 0.29) is 10.7 Å². The zero-order valence-electron chi connectivity index (χ0n) is 8.73. The zero-order chi connectivity index (χ0) is 12.1. The highest BCUT2D eigenvalue weighted by Gasteiger charge is 2.42. The van der Waals surface area contributed by atoms with Crippen LogP contribution >= 0.6 is 11.6 Å². The van der Waals surface area contributed by atoms with Crippen LogP contribution in [0, 0.1) is 10.1 Å². The van der Waals surface area contributed by atoms with Crippen LogP contribution in [-0.2, 0) is 10.3 Å². The summed E-state index contributed by atoms with van der Waals surface area (Å²) in [5.74, 6) is 0. The van der Waals surface area contributed by atoms with E-state index in [9.17, 15) is 15.1 Å². The van der Waals surface area contributed by atoms with Gasteiger partial charge in [0.15, 0.2) is 0 Å². The van der Waals surface area contributed by atoms with Crippen molar-refractivity contribution in [1.29, 1.82) is 0 Å². The topological polar surface area (TPSA) is 72.6 Å². The molecule has 84 valence electrons. The van der Waals surface area contributed by atoms with Crippen LogP contribution in [0.25, 0.3) is 0 Å². The van der Waals surface area contributed by atoms with Crippen LogP contribution in [0.2, 0.25) is 5.02 Å². The van der Waals surface area contributed by atoms with Crippen LogP contribution in [0.5, 0.6) is 0 Å². The van der Waals surface area contributed by atoms with Gasteiger partial charge in [0, 0.05) is 6.07 Å². The molecule has 0 aliphatic carbocycles. The highest BCUT2D eigenvalue weighted by molar-refractivity contribution is 6.62. The molecule has 2 rings (SSSR count). The number of nitrogens with zero attached hydrogens (tertiary/aromatic N) is 1. The molecule has 1 N–H and O–H groups in total. The fourth-order valence-corrected chi connectivity index (χ4v) is 2.08. The molecule has 1 heterocycles. The van der Waals surface area contributed by atoms with Crippen molar-refractivity contribution in [3.8, 4) is 0 Å². The Hall–Kier alpha value is -1.11. The molecule has 1 aliphatic heterocycles. The van der Waals surface area contributed by atoms with E-state index in [0.29, 0.717) is 11.0 Å². The van der Waals surface area contributed by atoms with Crippen molar-refractivity contribution in [3.63, 3.8) is 0 Å². The summed E-state index contributed by atoms with van der Waals surface area (Å²) < 4.78 is 5.28. The minimum absolute atomic E-state index is 0.0505. The van der Waals surface area contributed by atoms with E-state index in [4.69, 9.17) is 16.3 Å². The minimum Gasteiger partial charge on any atom is -0.423 e. The molecule has 0 saturated heterocycles. The molecule has 1 aliphatic rings. The molecule has 0 aromatic heterocycles. The zero-order valence-corrected chi connectivity index (χ0v) is 9.49. The van der Waals surface area contributed by atoms with E-state index in [1.165, 1.54) is 12.1 Å². The molecule has 1 aromatic carbocycles. The molecule has 0 saturated carbocycles. The highest BCUT2D eigenvalue weighted by atomic mass is 35.5. The average Bonchev–Trinajstić information content (AvgIpc) is 2.36. The standard InChI is InChI=1S/C9H9BClNO4/c1-9(2)5-3-7(11)8(12(14)15)4-6(5)10(13)16-9/h3-4,13H,1-2H3. The van der Waals surface area contributed by atoms with Crippen LogP contribution < -0.4 is 5.46 Å². The van der Waals surface area contributed by atoms with Crippen LogP contribution in [0.3, 0.4) is 0 Å². The number of nitro groups is 1. The highest BCUT2D eigenvalue weighted by Crippen LogP contribution is 2.35. The first-order valence-corrected chi connectivity index (χ1v) is 5.05. The number of benzene rings is 1. The van der Waals surface area contributed by atoms with Gasteiger partial charge in [-0.25, -0.2) is 0 Å². The van der Waals surface area contributed by atoms with Crippen molar-refractivity contribution in [2.45, 2.75) is 19.4 Å². The minimum atomic E-state index is -1.14. The molecule has 0 fully saturated rings. The first kappa shape index (κ1) is 11.4. The number of hydrogen-bond donors (Lipinski definition) is 1. The number of fused-ring (bicyclic) bond motifs is 1. The summed E-state index contributed by atoms with van der Waals surface area (Å²) in [7, 11) is -1.14. The SMILES string of the molecule is CC1(C)OB(O)c2cc([N+](=O)[O-])c(Cl)cc21. The fourth-order valence-electron chi connectivity index (χ4n) is 1.85. The molecular formula is C9H9BClNO4. The quantitative estimate of drug-likeness (QED) is 0.455. The second kappa shape index (κ2) is 3.45. The molecule has 0 atom stereocenters. The van der Waals surface area contributed by atoms with E-state index in [2.05, 4.69) is 0 Å². The van der Waals surface area contributed by atoms with Gasteiger partial charge < -0.3 is 9.68 Å². The Balaban J connectivity index is 2.65. The lowest BCUT2D eigenvalue weighted by Crippen LogP contribution is -2.28. The molecule has 0 bridgehead atoms. The van der Waals surface area contributed by atoms with Gasteiger partial charge in [-0.1, -0.05) is 11.6 Å². The third kappa shape index (κ3) is 1.59. The summed E-state index contributed by atoms with van der Waals surface area (Å²) in [6, 6.07) is 2.74. The molecule has 1 aromatic rings. The number of halogens is 1. The fraction of sp³-hybridized carbons (Fsp3) is 0.333. The Morgan fingerprint density at radius 1 is 1.56 bits per heavy atom. The maximum absolute atomic E-state index is 10.7. The summed E-state index contributed by atoms with van der Waals surface area (Å²) in [5, 5.41) is 20.4. The Kier molecular flexibility index (Phi) is 2.45. The van der Waals surface area contributed by atoms with E-state index in [1.54, 1.807) is 13.8 Å². The second-order valence-electron chi connectivity index (χ2n) is 4.13. The van der Waals surface area contributed by atoms with Crippen molar-refractivity contribution >= 4 is 29.9 Å². The van der Waals surface area contributed by atoms with Crippen molar-refractivity contribution in [2.75, 3.05) is 0 Å². The summed E-state index contributed by atoms with van der Waals surface area (Å²) in [5.41, 5.74) is 0.172.